The van der Waals surface area contributed by atoms with Gasteiger partial charge in [-0.3, -0.25) is 9.36 Å². The van der Waals surface area contributed by atoms with Crippen LogP contribution >= 0.6 is 0 Å². The Morgan fingerprint density at radius 1 is 1.15 bits per heavy atom. The third-order valence-corrected chi connectivity index (χ3v) is 2.96. The molecule has 0 unspecified atom stereocenters. The second-order valence-corrected chi connectivity index (χ2v) is 4.12. The molecule has 0 fully saturated rings. The van der Waals surface area contributed by atoms with Gasteiger partial charge in [-0.2, -0.15) is 0 Å². The molecule has 0 aliphatic heterocycles. The van der Waals surface area contributed by atoms with Crippen LogP contribution in [0, 0.1) is 0 Å². The van der Waals surface area contributed by atoms with E-state index in [1.807, 2.05) is 24.3 Å². The molecule has 0 saturated heterocycles. The van der Waals surface area contributed by atoms with Crippen LogP contribution in [-0.4, -0.2) is 15.5 Å². The number of benzene rings is 2. The Balaban J connectivity index is 2.16. The molecular weight excluding hydrogens is 254 g/mol. The molecule has 0 spiro atoms. The van der Waals surface area contributed by atoms with E-state index in [0.717, 1.165) is 5.52 Å². The highest BCUT2D eigenvalue weighted by Crippen LogP contribution is 2.22. The molecular formula is C14H9N5O. The molecule has 6 nitrogen and oxygen atoms in total. The fraction of sp³-hybridized carbons (Fsp3) is 0. The average molecular weight is 263 g/mol. The van der Waals surface area contributed by atoms with Crippen LogP contribution in [0.25, 0.3) is 21.5 Å². The minimum Gasteiger partial charge on any atom is -0.268 e. The molecule has 3 rings (SSSR count). The van der Waals surface area contributed by atoms with Crippen molar-refractivity contribution in [1.82, 2.24) is 9.55 Å². The molecule has 0 radical (unpaired) electrons. The summed E-state index contributed by atoms with van der Waals surface area (Å²) in [4.78, 5) is 19.5. The van der Waals surface area contributed by atoms with Gasteiger partial charge < -0.3 is 0 Å². The van der Waals surface area contributed by atoms with E-state index in [4.69, 9.17) is 5.53 Å². The predicted octanol–water partition coefficient (Wildman–Crippen LogP) is 3.67. The van der Waals surface area contributed by atoms with Gasteiger partial charge in [0.1, 0.15) is 6.33 Å². The maximum absolute atomic E-state index is 12.6. The predicted molar refractivity (Wildman–Crippen MR) is 74.7 cm³/mol. The van der Waals surface area contributed by atoms with Crippen molar-refractivity contribution in [2.24, 2.45) is 5.11 Å². The van der Waals surface area contributed by atoms with Crippen LogP contribution in [-0.2, 0) is 0 Å². The number of hydrogen-bond donors (Lipinski definition) is 0. The van der Waals surface area contributed by atoms with Gasteiger partial charge in [0.25, 0.3) is 5.91 Å². The highest BCUT2D eigenvalue weighted by Gasteiger charge is 2.14. The monoisotopic (exact) mass is 263 g/mol. The molecule has 96 valence electrons. The van der Waals surface area contributed by atoms with Gasteiger partial charge in [0.15, 0.2) is 0 Å². The molecule has 20 heavy (non-hydrogen) atoms. The standard InChI is InChI=1S/C14H9N5O/c15-18-17-11-6-2-1-5-10(11)14(20)19-9-16-12-7-3-4-8-13(12)19/h1-9H. The van der Waals surface area contributed by atoms with Crippen LogP contribution in [0.3, 0.4) is 0 Å². The van der Waals surface area contributed by atoms with E-state index < -0.39 is 0 Å². The number of hydrogen-bond acceptors (Lipinski definition) is 3. The van der Waals surface area contributed by atoms with Gasteiger partial charge >= 0.3 is 0 Å². The maximum Gasteiger partial charge on any atom is 0.264 e. The minimum absolute atomic E-state index is 0.276. The van der Waals surface area contributed by atoms with Crippen LogP contribution in [0.4, 0.5) is 5.69 Å². The molecule has 6 heteroatoms. The van der Waals surface area contributed by atoms with Crippen molar-refractivity contribution in [3.63, 3.8) is 0 Å². The lowest BCUT2D eigenvalue weighted by molar-refractivity contribution is 0.0965. The van der Waals surface area contributed by atoms with Crippen molar-refractivity contribution in [3.05, 3.63) is 70.9 Å². The third kappa shape index (κ3) is 1.90. The van der Waals surface area contributed by atoms with Gasteiger partial charge in [0.05, 0.1) is 16.7 Å². The summed E-state index contributed by atoms with van der Waals surface area (Å²) in [6.07, 6.45) is 1.47. The van der Waals surface area contributed by atoms with Gasteiger partial charge in [-0.05, 0) is 23.7 Å². The van der Waals surface area contributed by atoms with E-state index in [0.29, 0.717) is 16.8 Å². The fourth-order valence-electron chi connectivity index (χ4n) is 2.04. The summed E-state index contributed by atoms with van der Waals surface area (Å²) in [5.41, 5.74) is 10.7. The Labute approximate surface area is 113 Å². The van der Waals surface area contributed by atoms with Gasteiger partial charge in [0.2, 0.25) is 0 Å². The first-order valence-corrected chi connectivity index (χ1v) is 5.92. The molecule has 0 saturated carbocycles. The average Bonchev–Trinajstić information content (AvgIpc) is 2.91. The van der Waals surface area contributed by atoms with E-state index in [9.17, 15) is 4.79 Å². The number of imidazole rings is 1. The second-order valence-electron chi connectivity index (χ2n) is 4.12. The van der Waals surface area contributed by atoms with Gasteiger partial charge in [-0.1, -0.05) is 35.4 Å². The summed E-state index contributed by atoms with van der Waals surface area (Å²) in [6, 6.07) is 14.0. The topological polar surface area (TPSA) is 83.7 Å². The second kappa shape index (κ2) is 4.87. The highest BCUT2D eigenvalue weighted by atomic mass is 16.2. The largest absolute Gasteiger partial charge is 0.268 e. The zero-order valence-electron chi connectivity index (χ0n) is 10.3. The number of aromatic nitrogens is 2. The quantitative estimate of drug-likeness (QED) is 0.401. The molecule has 0 amide bonds. The summed E-state index contributed by atoms with van der Waals surface area (Å²) in [6.45, 7) is 0. The Morgan fingerprint density at radius 3 is 2.75 bits per heavy atom. The number of carbonyl (C=O) groups excluding carboxylic acids is 1. The first kappa shape index (κ1) is 12.0. The fourth-order valence-corrected chi connectivity index (χ4v) is 2.04. The smallest absolute Gasteiger partial charge is 0.264 e. The zero-order valence-corrected chi connectivity index (χ0v) is 10.3. The van der Waals surface area contributed by atoms with E-state index in [1.54, 1.807) is 24.3 Å². The van der Waals surface area contributed by atoms with E-state index >= 15 is 0 Å². The maximum atomic E-state index is 12.6. The normalized spacial score (nSPS) is 10.2. The number of carbonyl (C=O) groups is 1. The Morgan fingerprint density at radius 2 is 1.90 bits per heavy atom. The van der Waals surface area contributed by atoms with Crippen molar-refractivity contribution in [3.8, 4) is 0 Å². The minimum atomic E-state index is -0.276. The molecule has 0 bridgehead atoms. The van der Waals surface area contributed by atoms with Gasteiger partial charge in [0, 0.05) is 10.5 Å². The van der Waals surface area contributed by atoms with E-state index in [2.05, 4.69) is 15.0 Å². The molecule has 0 atom stereocenters. The molecule has 2 aromatic carbocycles. The lowest BCUT2D eigenvalue weighted by atomic mass is 10.1. The van der Waals surface area contributed by atoms with Crippen molar-refractivity contribution < 1.29 is 4.79 Å². The number of rotatable bonds is 2. The van der Waals surface area contributed by atoms with Crippen molar-refractivity contribution in [2.75, 3.05) is 0 Å². The Bertz CT molecular complexity index is 845. The molecule has 3 aromatic rings. The van der Waals surface area contributed by atoms with Crippen LogP contribution in [0.2, 0.25) is 0 Å². The van der Waals surface area contributed by atoms with Crippen LogP contribution < -0.4 is 0 Å². The third-order valence-electron chi connectivity index (χ3n) is 2.96. The number of fused-ring (bicyclic) bond motifs is 1. The van der Waals surface area contributed by atoms with Crippen molar-refractivity contribution in [1.29, 1.82) is 0 Å². The van der Waals surface area contributed by atoms with Crippen LogP contribution in [0.1, 0.15) is 10.4 Å². The number of azide groups is 1. The highest BCUT2D eigenvalue weighted by molar-refractivity contribution is 6.04. The first-order valence-electron chi connectivity index (χ1n) is 5.92. The van der Waals surface area contributed by atoms with E-state index in [1.165, 1.54) is 10.9 Å². The SMILES string of the molecule is [N-]=[N+]=Nc1ccccc1C(=O)n1cnc2ccccc21. The van der Waals surface area contributed by atoms with Crippen LogP contribution in [0.5, 0.6) is 0 Å². The Kier molecular flexibility index (Phi) is 2.91. The molecule has 0 aliphatic rings. The lowest BCUT2D eigenvalue weighted by Gasteiger charge is -2.05. The summed E-state index contributed by atoms with van der Waals surface area (Å²) in [7, 11) is 0. The summed E-state index contributed by atoms with van der Waals surface area (Å²) in [5, 5.41) is 3.54. The molecule has 1 heterocycles. The first-order chi connectivity index (χ1) is 9.81. The molecule has 0 N–H and O–H groups in total. The Hall–Kier alpha value is -3.11. The van der Waals surface area contributed by atoms with Gasteiger partial charge in [-0.15, -0.1) is 0 Å². The molecule has 1 aromatic heterocycles. The number of para-hydroxylation sites is 2. The summed E-state index contributed by atoms with van der Waals surface area (Å²) < 4.78 is 1.45. The zero-order chi connectivity index (χ0) is 13.9. The summed E-state index contributed by atoms with van der Waals surface area (Å²) in [5.74, 6) is -0.276. The lowest BCUT2D eigenvalue weighted by Crippen LogP contribution is -2.10. The number of nitrogens with zero attached hydrogens (tertiary/aromatic N) is 5. The van der Waals surface area contributed by atoms with E-state index in [-0.39, 0.29) is 5.91 Å². The molecule has 0 aliphatic carbocycles. The van der Waals surface area contributed by atoms with Gasteiger partial charge in [-0.25, -0.2) is 4.98 Å². The van der Waals surface area contributed by atoms with Crippen molar-refractivity contribution >= 4 is 22.6 Å². The summed E-state index contributed by atoms with van der Waals surface area (Å²) >= 11 is 0. The van der Waals surface area contributed by atoms with Crippen LogP contribution in [0.15, 0.2) is 60.0 Å². The van der Waals surface area contributed by atoms with Crippen molar-refractivity contribution in [2.45, 2.75) is 0 Å².